The first-order valence-electron chi connectivity index (χ1n) is 10.1. The van der Waals surface area contributed by atoms with Crippen LogP contribution < -0.4 is 10.6 Å². The van der Waals surface area contributed by atoms with Crippen molar-refractivity contribution >= 4 is 29.0 Å². The van der Waals surface area contributed by atoms with Crippen LogP contribution in [0.15, 0.2) is 96.8 Å². The molecule has 3 rings (SSSR count). The number of rotatable bonds is 7. The molecule has 1 aliphatic rings. The summed E-state index contributed by atoms with van der Waals surface area (Å²) in [7, 11) is 0. The number of phenolic OH excluding ortho intramolecular Hbond substituents is 1. The van der Waals surface area contributed by atoms with E-state index in [9.17, 15) is 19.8 Å². The van der Waals surface area contributed by atoms with Crippen LogP contribution in [-0.2, 0) is 0 Å². The first-order chi connectivity index (χ1) is 15.9. The maximum Gasteiger partial charge on any atom is 0.337 e. The molecule has 7 heteroatoms. The number of amidine groups is 1. The van der Waals surface area contributed by atoms with E-state index < -0.39 is 11.9 Å². The summed E-state index contributed by atoms with van der Waals surface area (Å²) in [6, 6.07) is 9.11. The smallest absolute Gasteiger partial charge is 0.337 e. The Morgan fingerprint density at radius 2 is 1.94 bits per heavy atom. The van der Waals surface area contributed by atoms with E-state index in [1.165, 1.54) is 18.2 Å². The van der Waals surface area contributed by atoms with Crippen molar-refractivity contribution in [2.45, 2.75) is 6.92 Å². The number of hydrogen-bond donors (Lipinski definition) is 4. The number of anilines is 1. The number of aromatic carboxylic acids is 1. The minimum absolute atomic E-state index is 0.0237. The number of nitrogens with one attached hydrogen (secondary N) is 2. The lowest BCUT2D eigenvalue weighted by Crippen LogP contribution is -2.20. The van der Waals surface area contributed by atoms with Crippen LogP contribution >= 0.6 is 0 Å². The quantitative estimate of drug-likeness (QED) is 0.458. The molecule has 0 aromatic heterocycles. The molecule has 2 aromatic rings. The number of allylic oxidation sites excluding steroid dienone is 7. The maximum absolute atomic E-state index is 13.0. The van der Waals surface area contributed by atoms with Crippen LogP contribution in [0.3, 0.4) is 0 Å². The summed E-state index contributed by atoms with van der Waals surface area (Å²) in [6.07, 6.45) is 14.0. The van der Waals surface area contributed by atoms with E-state index in [2.05, 4.69) is 22.2 Å². The third-order valence-corrected chi connectivity index (χ3v) is 4.75. The maximum atomic E-state index is 13.0. The largest absolute Gasteiger partial charge is 0.507 e. The molecule has 0 fully saturated rings. The highest BCUT2D eigenvalue weighted by Gasteiger charge is 2.18. The Balaban J connectivity index is 1.99. The number of carboxylic acids is 1. The molecule has 0 aliphatic carbocycles. The number of benzene rings is 2. The van der Waals surface area contributed by atoms with Crippen molar-refractivity contribution in [3.63, 3.8) is 0 Å². The minimum Gasteiger partial charge on any atom is -0.507 e. The highest BCUT2D eigenvalue weighted by Crippen LogP contribution is 2.26. The van der Waals surface area contributed by atoms with E-state index in [0.717, 1.165) is 5.57 Å². The number of carbonyl (C=O) groups is 2. The van der Waals surface area contributed by atoms with Gasteiger partial charge in [0.2, 0.25) is 0 Å². The highest BCUT2D eigenvalue weighted by molar-refractivity contribution is 6.11. The van der Waals surface area contributed by atoms with Gasteiger partial charge in [-0.1, -0.05) is 36.9 Å². The van der Waals surface area contributed by atoms with Crippen molar-refractivity contribution in [1.29, 1.82) is 0 Å². The van der Waals surface area contributed by atoms with Crippen molar-refractivity contribution in [3.8, 4) is 5.75 Å². The van der Waals surface area contributed by atoms with Crippen LogP contribution in [-0.4, -0.2) is 27.9 Å². The summed E-state index contributed by atoms with van der Waals surface area (Å²) in [5.74, 6) is -1.61. The zero-order valence-electron chi connectivity index (χ0n) is 17.9. The molecule has 1 heterocycles. The first kappa shape index (κ1) is 23.0. The van der Waals surface area contributed by atoms with E-state index >= 15 is 0 Å². The van der Waals surface area contributed by atoms with Crippen molar-refractivity contribution in [1.82, 2.24) is 5.32 Å². The van der Waals surface area contributed by atoms with Gasteiger partial charge >= 0.3 is 5.97 Å². The Morgan fingerprint density at radius 3 is 2.67 bits per heavy atom. The van der Waals surface area contributed by atoms with E-state index in [0.29, 0.717) is 17.0 Å². The average molecular weight is 441 g/mol. The normalized spacial score (nSPS) is 13.2. The van der Waals surface area contributed by atoms with E-state index in [-0.39, 0.29) is 22.6 Å². The first-order valence-corrected chi connectivity index (χ1v) is 10.1. The molecule has 33 heavy (non-hydrogen) atoms. The second kappa shape index (κ2) is 10.6. The predicted molar refractivity (Wildman–Crippen MR) is 130 cm³/mol. The minimum atomic E-state index is -1.19. The van der Waals surface area contributed by atoms with E-state index in [4.69, 9.17) is 0 Å². The number of carbonyl (C=O) groups excluding carboxylic acids is 1. The lowest BCUT2D eigenvalue weighted by atomic mass is 10.0. The van der Waals surface area contributed by atoms with Crippen molar-refractivity contribution in [3.05, 3.63) is 114 Å². The molecule has 0 spiro atoms. The molecule has 7 nitrogen and oxygen atoms in total. The van der Waals surface area contributed by atoms with Crippen LogP contribution in [0.25, 0.3) is 5.57 Å². The summed E-state index contributed by atoms with van der Waals surface area (Å²) in [6.45, 7) is 5.67. The predicted octanol–water partition coefficient (Wildman–Crippen LogP) is 4.87. The number of nitrogens with zero attached hydrogens (tertiary/aromatic N) is 1. The molecule has 1 amide bonds. The average Bonchev–Trinajstić information content (AvgIpc) is 3.09. The molecule has 0 unspecified atom stereocenters. The van der Waals surface area contributed by atoms with Gasteiger partial charge in [0.15, 0.2) is 0 Å². The third-order valence-electron chi connectivity index (χ3n) is 4.75. The van der Waals surface area contributed by atoms with Gasteiger partial charge in [0.05, 0.1) is 16.8 Å². The number of amides is 1. The summed E-state index contributed by atoms with van der Waals surface area (Å²) in [4.78, 5) is 29.0. The Bertz CT molecular complexity index is 1250. The van der Waals surface area contributed by atoms with Gasteiger partial charge in [-0.25, -0.2) is 9.79 Å². The van der Waals surface area contributed by atoms with Crippen LogP contribution in [0.5, 0.6) is 5.75 Å². The topological polar surface area (TPSA) is 111 Å². The molecular weight excluding hydrogens is 418 g/mol. The fourth-order valence-electron chi connectivity index (χ4n) is 3.10. The fraction of sp³-hybridized carbons (Fsp3) is 0.0385. The molecule has 0 atom stereocenters. The van der Waals surface area contributed by atoms with Crippen molar-refractivity contribution in [2.75, 3.05) is 5.32 Å². The van der Waals surface area contributed by atoms with Gasteiger partial charge in [0, 0.05) is 18.0 Å². The number of carboxylic acid groups (broad SMARTS) is 1. The van der Waals surface area contributed by atoms with Crippen LogP contribution in [0.4, 0.5) is 5.69 Å². The van der Waals surface area contributed by atoms with Gasteiger partial charge in [-0.15, -0.1) is 0 Å². The summed E-state index contributed by atoms with van der Waals surface area (Å²) >= 11 is 0. The SMILES string of the molecule is C=C/C(=C\C=C/C)c1ccc(C(=O)O)c(NC(=O)c2cc(C3=NC=CC=CN3)ccc2O)c1. The Kier molecular flexibility index (Phi) is 7.39. The third kappa shape index (κ3) is 5.54. The Labute approximate surface area is 191 Å². The highest BCUT2D eigenvalue weighted by atomic mass is 16.4. The number of hydrogen-bond acceptors (Lipinski definition) is 5. The van der Waals surface area contributed by atoms with Gasteiger partial charge in [-0.2, -0.15) is 0 Å². The molecule has 1 aliphatic heterocycles. The van der Waals surface area contributed by atoms with Crippen LogP contribution in [0, 0.1) is 0 Å². The van der Waals surface area contributed by atoms with Gasteiger partial charge < -0.3 is 20.8 Å². The van der Waals surface area contributed by atoms with Gasteiger partial charge in [-0.05, 0) is 60.5 Å². The zero-order chi connectivity index (χ0) is 23.8. The van der Waals surface area contributed by atoms with Gasteiger partial charge in [-0.3, -0.25) is 4.79 Å². The Morgan fingerprint density at radius 1 is 1.12 bits per heavy atom. The number of phenols is 1. The molecule has 2 aromatic carbocycles. The summed E-state index contributed by atoms with van der Waals surface area (Å²) < 4.78 is 0. The molecule has 0 saturated heterocycles. The standard InChI is InChI=1S/C26H23N3O4/c1-3-5-8-17(4-2)18-9-11-20(26(32)33)22(16-18)29-25(31)21-15-19(10-12-23(21)30)24-27-13-6-7-14-28-24/h3-16,30H,2H2,1H3,(H,27,28)(H,29,31)(H,32,33)/b5-3-,17-8+. The Hall–Kier alpha value is -4.65. The molecule has 4 N–H and O–H groups in total. The fourth-order valence-corrected chi connectivity index (χ4v) is 3.10. The number of aliphatic imine (C=N–C) groups is 1. The number of aromatic hydroxyl groups is 1. The van der Waals surface area contributed by atoms with Gasteiger partial charge in [0.25, 0.3) is 5.91 Å². The van der Waals surface area contributed by atoms with Crippen molar-refractivity contribution < 1.29 is 19.8 Å². The van der Waals surface area contributed by atoms with Gasteiger partial charge in [0.1, 0.15) is 11.6 Å². The lowest BCUT2D eigenvalue weighted by Gasteiger charge is -2.13. The molecular formula is C26H23N3O4. The monoisotopic (exact) mass is 441 g/mol. The second-order valence-electron chi connectivity index (χ2n) is 6.93. The summed E-state index contributed by atoms with van der Waals surface area (Å²) in [5.41, 5.74) is 2.00. The molecule has 166 valence electrons. The molecule has 0 bridgehead atoms. The van der Waals surface area contributed by atoms with Crippen LogP contribution in [0.2, 0.25) is 0 Å². The summed E-state index contributed by atoms with van der Waals surface area (Å²) in [5, 5.41) is 25.5. The van der Waals surface area contributed by atoms with Crippen molar-refractivity contribution in [2.24, 2.45) is 4.99 Å². The molecule has 0 radical (unpaired) electrons. The lowest BCUT2D eigenvalue weighted by molar-refractivity contribution is 0.0698. The van der Waals surface area contributed by atoms with E-state index in [1.54, 1.807) is 48.8 Å². The van der Waals surface area contributed by atoms with Crippen LogP contribution in [0.1, 0.15) is 38.8 Å². The van der Waals surface area contributed by atoms with E-state index in [1.807, 2.05) is 25.2 Å². The molecule has 0 saturated carbocycles. The zero-order valence-corrected chi connectivity index (χ0v) is 17.9. The second-order valence-corrected chi connectivity index (χ2v) is 6.93.